The summed E-state index contributed by atoms with van der Waals surface area (Å²) in [5.74, 6) is 1.26. The lowest BCUT2D eigenvalue weighted by atomic mass is 10.3. The van der Waals surface area contributed by atoms with Gasteiger partial charge in [0.15, 0.2) is 0 Å². The summed E-state index contributed by atoms with van der Waals surface area (Å²) < 4.78 is 5.12. The maximum Gasteiger partial charge on any atom is 0.246 e. The molecule has 0 saturated heterocycles. The Hall–Kier alpha value is -1.58. The Kier molecular flexibility index (Phi) is 2.28. The average molecular weight is 167 g/mol. The minimum absolute atomic E-state index is 0.0735. The molecule has 0 aromatic carbocycles. The molecule has 0 unspecified atom stereocenters. The molecule has 0 radical (unpaired) electrons. The van der Waals surface area contributed by atoms with E-state index < -0.39 is 4.92 Å². The molecule has 0 saturated carbocycles. The molecule has 0 bridgehead atoms. The number of aryl methyl sites for hydroxylation is 1. The summed E-state index contributed by atoms with van der Waals surface area (Å²) in [6, 6.07) is 3.46. The molecule has 0 amide bonds. The van der Waals surface area contributed by atoms with Gasteiger partial charge in [0.1, 0.15) is 11.5 Å². The second kappa shape index (κ2) is 3.21. The monoisotopic (exact) mass is 167 g/mol. The fourth-order valence-electron chi connectivity index (χ4n) is 0.790. The average Bonchev–Trinajstić information content (AvgIpc) is 2.35. The number of rotatable bonds is 2. The van der Waals surface area contributed by atoms with E-state index in [1.807, 2.05) is 0 Å². The zero-order valence-electron chi connectivity index (χ0n) is 6.90. The molecule has 64 valence electrons. The molecular formula is C8H9NO3. The predicted octanol–water partition coefficient (Wildman–Crippen LogP) is 2.23. The standard InChI is InChI=1S/C8H9NO3/c1-6(9(10)11)5-8-4-3-7(2)12-8/h3-5H,1-2H3. The fraction of sp³-hybridized carbons (Fsp3) is 0.250. The highest BCUT2D eigenvalue weighted by Crippen LogP contribution is 2.10. The molecule has 0 aliphatic carbocycles. The predicted molar refractivity (Wildman–Crippen MR) is 44.1 cm³/mol. The smallest absolute Gasteiger partial charge is 0.246 e. The van der Waals surface area contributed by atoms with Gasteiger partial charge in [0.2, 0.25) is 5.70 Å². The van der Waals surface area contributed by atoms with Gasteiger partial charge in [-0.25, -0.2) is 0 Å². The Morgan fingerprint density at radius 3 is 2.75 bits per heavy atom. The van der Waals surface area contributed by atoms with E-state index in [-0.39, 0.29) is 5.70 Å². The molecule has 1 heterocycles. The molecule has 1 aromatic heterocycles. The number of allylic oxidation sites excluding steroid dienone is 1. The number of furan rings is 1. The maximum absolute atomic E-state index is 10.2. The van der Waals surface area contributed by atoms with Crippen molar-refractivity contribution in [1.29, 1.82) is 0 Å². The molecule has 0 atom stereocenters. The van der Waals surface area contributed by atoms with Gasteiger partial charge in [-0.15, -0.1) is 0 Å². The maximum atomic E-state index is 10.2. The number of nitrogens with zero attached hydrogens (tertiary/aromatic N) is 1. The lowest BCUT2D eigenvalue weighted by Gasteiger charge is -1.87. The van der Waals surface area contributed by atoms with Crippen molar-refractivity contribution < 1.29 is 9.34 Å². The van der Waals surface area contributed by atoms with Crippen LogP contribution in [0.25, 0.3) is 6.08 Å². The van der Waals surface area contributed by atoms with E-state index in [1.165, 1.54) is 13.0 Å². The molecule has 12 heavy (non-hydrogen) atoms. The largest absolute Gasteiger partial charge is 0.462 e. The third kappa shape index (κ3) is 1.95. The summed E-state index contributed by atoms with van der Waals surface area (Å²) in [5, 5.41) is 10.2. The van der Waals surface area contributed by atoms with Crippen molar-refractivity contribution in [2.24, 2.45) is 0 Å². The van der Waals surface area contributed by atoms with Crippen molar-refractivity contribution in [2.75, 3.05) is 0 Å². The topological polar surface area (TPSA) is 56.3 Å². The first-order valence-electron chi connectivity index (χ1n) is 3.49. The number of nitro groups is 1. The van der Waals surface area contributed by atoms with Gasteiger partial charge in [-0.2, -0.15) is 0 Å². The van der Waals surface area contributed by atoms with Crippen LogP contribution in [0.1, 0.15) is 18.4 Å². The molecular weight excluding hydrogens is 158 g/mol. The summed E-state index contributed by atoms with van der Waals surface area (Å²) in [5.41, 5.74) is 0.0735. The molecule has 0 N–H and O–H groups in total. The molecule has 1 aromatic rings. The van der Waals surface area contributed by atoms with Crippen LogP contribution in [0.2, 0.25) is 0 Å². The van der Waals surface area contributed by atoms with Crippen LogP contribution in [-0.4, -0.2) is 4.92 Å². The molecule has 0 aliphatic heterocycles. The summed E-state index contributed by atoms with van der Waals surface area (Å²) in [6.45, 7) is 3.22. The van der Waals surface area contributed by atoms with Crippen molar-refractivity contribution >= 4 is 6.08 Å². The van der Waals surface area contributed by atoms with Crippen LogP contribution in [0.15, 0.2) is 22.2 Å². The van der Waals surface area contributed by atoms with Crippen LogP contribution in [0.4, 0.5) is 0 Å². The van der Waals surface area contributed by atoms with Crippen LogP contribution < -0.4 is 0 Å². The van der Waals surface area contributed by atoms with Crippen LogP contribution >= 0.6 is 0 Å². The SMILES string of the molecule is CC(=Cc1ccc(C)o1)[N+](=O)[O-]. The van der Waals surface area contributed by atoms with Gasteiger partial charge in [-0.05, 0) is 19.1 Å². The number of hydrogen-bond donors (Lipinski definition) is 0. The first-order valence-corrected chi connectivity index (χ1v) is 3.49. The molecule has 4 heteroatoms. The van der Waals surface area contributed by atoms with E-state index in [0.29, 0.717) is 5.76 Å². The van der Waals surface area contributed by atoms with Crippen LogP contribution in [0, 0.1) is 17.0 Å². The van der Waals surface area contributed by atoms with E-state index in [9.17, 15) is 10.1 Å². The minimum atomic E-state index is -0.447. The van der Waals surface area contributed by atoms with Crippen molar-refractivity contribution in [3.8, 4) is 0 Å². The lowest BCUT2D eigenvalue weighted by Crippen LogP contribution is -1.92. The summed E-state index contributed by atoms with van der Waals surface area (Å²) in [4.78, 5) is 9.76. The molecule has 0 spiro atoms. The van der Waals surface area contributed by atoms with Crippen molar-refractivity contribution in [2.45, 2.75) is 13.8 Å². The van der Waals surface area contributed by atoms with E-state index in [4.69, 9.17) is 4.42 Å². The first kappa shape index (κ1) is 8.52. The Labute approximate surface area is 69.6 Å². The van der Waals surface area contributed by atoms with Crippen LogP contribution in [-0.2, 0) is 0 Å². The van der Waals surface area contributed by atoms with Crippen LogP contribution in [0.5, 0.6) is 0 Å². The summed E-state index contributed by atoms with van der Waals surface area (Å²) in [6.07, 6.45) is 1.40. The lowest BCUT2D eigenvalue weighted by molar-refractivity contribution is -0.422. The van der Waals surface area contributed by atoms with Gasteiger partial charge in [-0.1, -0.05) is 0 Å². The van der Waals surface area contributed by atoms with E-state index >= 15 is 0 Å². The normalized spacial score (nSPS) is 11.7. The summed E-state index contributed by atoms with van der Waals surface area (Å²) >= 11 is 0. The molecule has 0 fully saturated rings. The number of hydrogen-bond acceptors (Lipinski definition) is 3. The first-order chi connectivity index (χ1) is 5.59. The van der Waals surface area contributed by atoms with E-state index in [2.05, 4.69) is 0 Å². The fourth-order valence-corrected chi connectivity index (χ4v) is 0.790. The zero-order valence-corrected chi connectivity index (χ0v) is 6.90. The summed E-state index contributed by atoms with van der Waals surface area (Å²) in [7, 11) is 0. The molecule has 4 nitrogen and oxygen atoms in total. The highest BCUT2D eigenvalue weighted by atomic mass is 16.6. The Morgan fingerprint density at radius 2 is 2.33 bits per heavy atom. The quantitative estimate of drug-likeness (QED) is 0.501. The Bertz CT molecular complexity index is 325. The van der Waals surface area contributed by atoms with E-state index in [0.717, 1.165) is 5.76 Å². The Morgan fingerprint density at radius 1 is 1.67 bits per heavy atom. The van der Waals surface area contributed by atoms with Crippen molar-refractivity contribution in [3.05, 3.63) is 39.5 Å². The Balaban J connectivity index is 2.87. The zero-order chi connectivity index (χ0) is 9.14. The highest BCUT2D eigenvalue weighted by molar-refractivity contribution is 5.44. The van der Waals surface area contributed by atoms with Gasteiger partial charge in [0.25, 0.3) is 0 Å². The molecule has 1 rings (SSSR count). The minimum Gasteiger partial charge on any atom is -0.462 e. The van der Waals surface area contributed by atoms with Crippen molar-refractivity contribution in [1.82, 2.24) is 0 Å². The third-order valence-electron chi connectivity index (χ3n) is 1.40. The van der Waals surface area contributed by atoms with Gasteiger partial charge in [-0.3, -0.25) is 10.1 Å². The second-order valence-corrected chi connectivity index (χ2v) is 2.49. The molecule has 0 aliphatic rings. The van der Waals surface area contributed by atoms with Gasteiger partial charge >= 0.3 is 0 Å². The third-order valence-corrected chi connectivity index (χ3v) is 1.40. The highest BCUT2D eigenvalue weighted by Gasteiger charge is 2.03. The van der Waals surface area contributed by atoms with Gasteiger partial charge < -0.3 is 4.42 Å². The van der Waals surface area contributed by atoms with Crippen LogP contribution in [0.3, 0.4) is 0 Å². The van der Waals surface area contributed by atoms with Gasteiger partial charge in [0, 0.05) is 6.92 Å². The van der Waals surface area contributed by atoms with E-state index in [1.54, 1.807) is 19.1 Å². The van der Waals surface area contributed by atoms with Crippen molar-refractivity contribution in [3.63, 3.8) is 0 Å². The van der Waals surface area contributed by atoms with Gasteiger partial charge in [0.05, 0.1) is 11.0 Å². The second-order valence-electron chi connectivity index (χ2n) is 2.49.